The molecule has 1 heterocycles. The fourth-order valence-corrected chi connectivity index (χ4v) is 1.99. The summed E-state index contributed by atoms with van der Waals surface area (Å²) in [7, 11) is 3.39. The second-order valence-electron chi connectivity index (χ2n) is 5.13. The predicted molar refractivity (Wildman–Crippen MR) is 111 cm³/mol. The number of nitrogens with zero attached hydrogens (tertiary/aromatic N) is 2. The second kappa shape index (κ2) is 11.5. The lowest BCUT2D eigenvalue weighted by atomic mass is 10.3. The van der Waals surface area contributed by atoms with Crippen LogP contribution in [0.2, 0.25) is 0 Å². The van der Waals surface area contributed by atoms with Crippen LogP contribution < -0.4 is 20.1 Å². The number of ether oxygens (including phenoxy) is 2. The van der Waals surface area contributed by atoms with Gasteiger partial charge < -0.3 is 20.1 Å². The molecule has 6 nitrogen and oxygen atoms in total. The van der Waals surface area contributed by atoms with E-state index in [0.29, 0.717) is 12.4 Å². The van der Waals surface area contributed by atoms with Crippen molar-refractivity contribution >= 4 is 29.9 Å². The molecule has 2 N–H and O–H groups in total. The van der Waals surface area contributed by atoms with E-state index in [1.165, 1.54) is 0 Å². The molecular weight excluding hydrogens is 431 g/mol. The first-order chi connectivity index (χ1) is 11.7. The van der Waals surface area contributed by atoms with Gasteiger partial charge in [-0.25, -0.2) is 4.98 Å². The number of benzene rings is 1. The van der Waals surface area contributed by atoms with E-state index >= 15 is 0 Å². The molecule has 2 aromatic rings. The van der Waals surface area contributed by atoms with Crippen molar-refractivity contribution in [3.63, 3.8) is 0 Å². The van der Waals surface area contributed by atoms with Crippen LogP contribution in [0.25, 0.3) is 0 Å². The number of hydrogen-bond acceptors (Lipinski definition) is 4. The quantitative estimate of drug-likeness (QED) is 0.379. The van der Waals surface area contributed by atoms with Crippen molar-refractivity contribution in [1.29, 1.82) is 0 Å². The van der Waals surface area contributed by atoms with E-state index in [9.17, 15) is 0 Å². The first-order valence-electron chi connectivity index (χ1n) is 7.96. The zero-order valence-electron chi connectivity index (χ0n) is 14.8. The summed E-state index contributed by atoms with van der Waals surface area (Å²) in [5, 5.41) is 6.47. The number of aliphatic imine (C=N–C) groups is 1. The molecule has 0 fully saturated rings. The molecule has 0 amide bonds. The Hall–Kier alpha value is -2.03. The molecule has 0 aliphatic rings. The maximum absolute atomic E-state index is 5.71. The smallest absolute Gasteiger partial charge is 0.219 e. The number of methoxy groups -OCH3 is 1. The average molecular weight is 456 g/mol. The van der Waals surface area contributed by atoms with Crippen LogP contribution in [0.15, 0.2) is 47.6 Å². The monoisotopic (exact) mass is 456 g/mol. The van der Waals surface area contributed by atoms with Gasteiger partial charge in [0.2, 0.25) is 5.88 Å². The molecule has 0 bridgehead atoms. The normalized spacial score (nSPS) is 10.6. The van der Waals surface area contributed by atoms with Gasteiger partial charge in [-0.05, 0) is 36.2 Å². The third-order valence-electron chi connectivity index (χ3n) is 3.31. The van der Waals surface area contributed by atoms with Gasteiger partial charge in [-0.3, -0.25) is 4.99 Å². The zero-order valence-corrected chi connectivity index (χ0v) is 17.1. The van der Waals surface area contributed by atoms with Gasteiger partial charge in [-0.15, -0.1) is 24.0 Å². The van der Waals surface area contributed by atoms with E-state index in [2.05, 4.69) is 27.5 Å². The van der Waals surface area contributed by atoms with Crippen LogP contribution in [0.4, 0.5) is 0 Å². The lowest BCUT2D eigenvalue weighted by Gasteiger charge is -2.11. The van der Waals surface area contributed by atoms with Crippen LogP contribution >= 0.6 is 24.0 Å². The van der Waals surface area contributed by atoms with E-state index in [1.807, 2.05) is 36.4 Å². The Morgan fingerprint density at radius 2 is 1.80 bits per heavy atom. The summed E-state index contributed by atoms with van der Waals surface area (Å²) in [6.07, 6.45) is 2.85. The van der Waals surface area contributed by atoms with Gasteiger partial charge in [-0.2, -0.15) is 0 Å². The minimum Gasteiger partial charge on any atom is -0.497 e. The Balaban J connectivity index is 0.00000312. The number of hydrogen-bond donors (Lipinski definition) is 2. The van der Waals surface area contributed by atoms with Crippen LogP contribution in [-0.2, 0) is 6.54 Å². The summed E-state index contributed by atoms with van der Waals surface area (Å²) in [4.78, 5) is 8.50. The minimum atomic E-state index is 0. The fraction of sp³-hybridized carbons (Fsp3) is 0.333. The Labute approximate surface area is 166 Å². The molecule has 2 rings (SSSR count). The van der Waals surface area contributed by atoms with E-state index in [1.54, 1.807) is 20.4 Å². The van der Waals surface area contributed by atoms with Crippen molar-refractivity contribution in [2.75, 3.05) is 20.7 Å². The van der Waals surface area contributed by atoms with Crippen molar-refractivity contribution in [2.24, 2.45) is 4.99 Å². The molecule has 1 aromatic heterocycles. The molecule has 136 valence electrons. The van der Waals surface area contributed by atoms with Crippen LogP contribution in [0.5, 0.6) is 17.4 Å². The van der Waals surface area contributed by atoms with Crippen molar-refractivity contribution < 1.29 is 9.47 Å². The highest BCUT2D eigenvalue weighted by Gasteiger charge is 2.01. The molecule has 0 aliphatic heterocycles. The molecule has 0 spiro atoms. The van der Waals surface area contributed by atoms with Crippen molar-refractivity contribution in [3.05, 3.63) is 48.2 Å². The molecule has 0 unspecified atom stereocenters. The predicted octanol–water partition coefficient (Wildman–Crippen LogP) is 3.58. The topological polar surface area (TPSA) is 67.8 Å². The van der Waals surface area contributed by atoms with Gasteiger partial charge in [-0.1, -0.05) is 13.0 Å². The zero-order chi connectivity index (χ0) is 17.2. The fourth-order valence-electron chi connectivity index (χ4n) is 1.99. The first kappa shape index (κ1) is 21.0. The molecule has 1 aromatic carbocycles. The van der Waals surface area contributed by atoms with Gasteiger partial charge in [0, 0.05) is 32.4 Å². The molecule has 0 saturated heterocycles. The Morgan fingerprint density at radius 3 is 2.36 bits per heavy atom. The van der Waals surface area contributed by atoms with Gasteiger partial charge in [0.1, 0.15) is 11.5 Å². The van der Waals surface area contributed by atoms with E-state index in [0.717, 1.165) is 36.0 Å². The van der Waals surface area contributed by atoms with Crippen LogP contribution in [0.3, 0.4) is 0 Å². The molecular formula is C18H25IN4O2. The standard InChI is InChI=1S/C18H24N4O2.HI/c1-4-11-20-18(19-2)22-13-14-5-10-17(21-12-14)24-16-8-6-15(23-3)7-9-16;/h5-10,12H,4,11,13H2,1-3H3,(H2,19,20,22);1H. The second-order valence-corrected chi connectivity index (χ2v) is 5.13. The van der Waals surface area contributed by atoms with Crippen LogP contribution in [0.1, 0.15) is 18.9 Å². The third kappa shape index (κ3) is 7.16. The SMILES string of the molecule is CCCNC(=NC)NCc1ccc(Oc2ccc(OC)cc2)nc1.I. The number of rotatable bonds is 7. The van der Waals surface area contributed by atoms with Crippen molar-refractivity contribution in [1.82, 2.24) is 15.6 Å². The number of pyridine rings is 1. The highest BCUT2D eigenvalue weighted by Crippen LogP contribution is 2.22. The van der Waals surface area contributed by atoms with E-state index in [-0.39, 0.29) is 24.0 Å². The summed E-state index contributed by atoms with van der Waals surface area (Å²) < 4.78 is 10.8. The lowest BCUT2D eigenvalue weighted by Crippen LogP contribution is -2.37. The number of guanidine groups is 1. The van der Waals surface area contributed by atoms with Gasteiger partial charge in [0.25, 0.3) is 0 Å². The summed E-state index contributed by atoms with van der Waals surface area (Å²) in [6, 6.07) is 11.2. The van der Waals surface area contributed by atoms with E-state index in [4.69, 9.17) is 9.47 Å². The van der Waals surface area contributed by atoms with Gasteiger partial charge in [0.05, 0.1) is 7.11 Å². The summed E-state index contributed by atoms with van der Waals surface area (Å²) in [6.45, 7) is 3.66. The Kier molecular flexibility index (Phi) is 9.68. The molecule has 0 radical (unpaired) electrons. The highest BCUT2D eigenvalue weighted by atomic mass is 127. The van der Waals surface area contributed by atoms with Crippen LogP contribution in [-0.4, -0.2) is 31.6 Å². The molecule has 0 saturated carbocycles. The Morgan fingerprint density at radius 1 is 1.08 bits per heavy atom. The number of halogens is 1. The van der Waals surface area contributed by atoms with Gasteiger partial charge >= 0.3 is 0 Å². The molecule has 0 atom stereocenters. The van der Waals surface area contributed by atoms with Crippen LogP contribution in [0, 0.1) is 0 Å². The lowest BCUT2D eigenvalue weighted by molar-refractivity contribution is 0.412. The number of nitrogens with one attached hydrogen (secondary N) is 2. The van der Waals surface area contributed by atoms with E-state index < -0.39 is 0 Å². The molecule has 7 heteroatoms. The number of aromatic nitrogens is 1. The first-order valence-corrected chi connectivity index (χ1v) is 7.96. The maximum atomic E-state index is 5.71. The summed E-state index contributed by atoms with van der Waals surface area (Å²) in [5.41, 5.74) is 1.05. The summed E-state index contributed by atoms with van der Waals surface area (Å²) in [5.74, 6) is 2.85. The minimum absolute atomic E-state index is 0. The maximum Gasteiger partial charge on any atom is 0.219 e. The van der Waals surface area contributed by atoms with Gasteiger partial charge in [0.15, 0.2) is 5.96 Å². The Bertz CT molecular complexity index is 645. The molecule has 25 heavy (non-hydrogen) atoms. The third-order valence-corrected chi connectivity index (χ3v) is 3.31. The highest BCUT2D eigenvalue weighted by molar-refractivity contribution is 14.0. The van der Waals surface area contributed by atoms with Crippen molar-refractivity contribution in [2.45, 2.75) is 19.9 Å². The molecule has 0 aliphatic carbocycles. The largest absolute Gasteiger partial charge is 0.497 e. The van der Waals surface area contributed by atoms with Crippen molar-refractivity contribution in [3.8, 4) is 17.4 Å². The average Bonchev–Trinajstić information content (AvgIpc) is 2.64. The summed E-state index contributed by atoms with van der Waals surface area (Å²) >= 11 is 0.